The molecule has 2 atom stereocenters. The Bertz CT molecular complexity index is 791. The molecule has 1 aliphatic rings. The molecular weight excluding hydrogens is 278 g/mol. The van der Waals surface area contributed by atoms with E-state index in [1.165, 1.54) is 0 Å². The molecule has 1 aromatic carbocycles. The van der Waals surface area contributed by atoms with Crippen molar-refractivity contribution >= 4 is 20.9 Å². The van der Waals surface area contributed by atoms with Crippen molar-refractivity contribution in [3.05, 3.63) is 34.2 Å². The number of hydrogen-bond donors (Lipinski definition) is 3. The van der Waals surface area contributed by atoms with Crippen LogP contribution in [0.15, 0.2) is 23.0 Å². The molecule has 3 rings (SSSR count). The summed E-state index contributed by atoms with van der Waals surface area (Å²) < 4.78 is 22.9. The molecule has 0 radical (unpaired) electrons. The van der Waals surface area contributed by atoms with Crippen LogP contribution in [0, 0.1) is 0 Å². The van der Waals surface area contributed by atoms with Gasteiger partial charge in [-0.2, -0.15) is 0 Å². The Balaban J connectivity index is 1.78. The minimum Gasteiger partial charge on any atom is -0.306 e. The van der Waals surface area contributed by atoms with Gasteiger partial charge in [-0.15, -0.1) is 0 Å². The molecule has 6 nitrogen and oxygen atoms in total. The second kappa shape index (κ2) is 4.75. The predicted molar refractivity (Wildman–Crippen MR) is 77.5 cm³/mol. The van der Waals surface area contributed by atoms with Gasteiger partial charge < -0.3 is 15.3 Å². The number of H-pyrrole nitrogens is 2. The molecule has 2 heterocycles. The zero-order chi connectivity index (χ0) is 14.3. The van der Waals surface area contributed by atoms with Gasteiger partial charge in [-0.1, -0.05) is 6.07 Å². The molecule has 0 saturated carbocycles. The zero-order valence-corrected chi connectivity index (χ0v) is 12.0. The largest absolute Gasteiger partial charge is 0.323 e. The molecule has 0 spiro atoms. The van der Waals surface area contributed by atoms with E-state index >= 15 is 0 Å². The van der Waals surface area contributed by atoms with E-state index in [2.05, 4.69) is 15.3 Å². The normalized spacial score (nSPS) is 23.1. The first-order valence-electron chi connectivity index (χ1n) is 6.61. The van der Waals surface area contributed by atoms with Gasteiger partial charge in [-0.3, -0.25) is 0 Å². The maximum atomic E-state index is 11.5. The lowest BCUT2D eigenvalue weighted by molar-refractivity contribution is 0.485. The van der Waals surface area contributed by atoms with E-state index in [1.807, 2.05) is 25.1 Å². The molecule has 0 aliphatic carbocycles. The standard InChI is InChI=1S/C13H17N3O3S/c1-8(14-10-4-5-20(18,19)7-10)9-2-3-11-12(6-9)16-13(17)15-11/h2-3,6,8,10,14H,4-5,7H2,1H3,(H2,15,16,17). The monoisotopic (exact) mass is 295 g/mol. The summed E-state index contributed by atoms with van der Waals surface area (Å²) in [5.74, 6) is 0.474. The molecule has 108 valence electrons. The van der Waals surface area contributed by atoms with Crippen LogP contribution in [0.1, 0.15) is 24.9 Å². The Hall–Kier alpha value is -1.60. The first kappa shape index (κ1) is 13.4. The molecule has 1 aromatic heterocycles. The molecule has 3 N–H and O–H groups in total. The van der Waals surface area contributed by atoms with Gasteiger partial charge in [0.1, 0.15) is 0 Å². The Morgan fingerprint density at radius 1 is 1.30 bits per heavy atom. The number of rotatable bonds is 3. The Labute approximate surface area is 116 Å². The Morgan fingerprint density at radius 3 is 2.75 bits per heavy atom. The van der Waals surface area contributed by atoms with Crippen LogP contribution in [0.2, 0.25) is 0 Å². The third kappa shape index (κ3) is 2.64. The third-order valence-electron chi connectivity index (χ3n) is 3.76. The number of fused-ring (bicyclic) bond motifs is 1. The van der Waals surface area contributed by atoms with Crippen LogP contribution >= 0.6 is 0 Å². The van der Waals surface area contributed by atoms with Crippen LogP contribution in [0.3, 0.4) is 0 Å². The number of hydrogen-bond acceptors (Lipinski definition) is 4. The lowest BCUT2D eigenvalue weighted by atomic mass is 10.1. The lowest BCUT2D eigenvalue weighted by Crippen LogP contribution is -2.32. The van der Waals surface area contributed by atoms with Crippen molar-refractivity contribution in [2.24, 2.45) is 0 Å². The molecule has 0 amide bonds. The highest BCUT2D eigenvalue weighted by atomic mass is 32.2. The van der Waals surface area contributed by atoms with Gasteiger partial charge in [0, 0.05) is 12.1 Å². The molecule has 2 aromatic rings. The smallest absolute Gasteiger partial charge is 0.306 e. The average molecular weight is 295 g/mol. The van der Waals surface area contributed by atoms with Crippen molar-refractivity contribution in [3.63, 3.8) is 0 Å². The van der Waals surface area contributed by atoms with Crippen LogP contribution in [-0.4, -0.2) is 35.9 Å². The van der Waals surface area contributed by atoms with E-state index in [9.17, 15) is 13.2 Å². The summed E-state index contributed by atoms with van der Waals surface area (Å²) in [5, 5.41) is 3.34. The van der Waals surface area contributed by atoms with E-state index in [0.717, 1.165) is 16.6 Å². The maximum absolute atomic E-state index is 11.5. The fourth-order valence-corrected chi connectivity index (χ4v) is 4.38. The SMILES string of the molecule is CC(NC1CCS(=O)(=O)C1)c1ccc2[nH]c(=O)[nH]c2c1. The van der Waals surface area contributed by atoms with Gasteiger partial charge in [0.2, 0.25) is 0 Å². The second-order valence-corrected chi connectivity index (χ2v) is 7.60. The second-order valence-electron chi connectivity index (χ2n) is 5.37. The maximum Gasteiger partial charge on any atom is 0.323 e. The van der Waals surface area contributed by atoms with Crippen molar-refractivity contribution in [1.29, 1.82) is 0 Å². The molecule has 1 aliphatic heterocycles. The van der Waals surface area contributed by atoms with Gasteiger partial charge in [0.25, 0.3) is 0 Å². The molecule has 20 heavy (non-hydrogen) atoms. The van der Waals surface area contributed by atoms with Crippen LogP contribution in [0.4, 0.5) is 0 Å². The van der Waals surface area contributed by atoms with Crippen molar-refractivity contribution in [2.45, 2.75) is 25.4 Å². The van der Waals surface area contributed by atoms with Crippen molar-refractivity contribution in [3.8, 4) is 0 Å². The quantitative estimate of drug-likeness (QED) is 0.776. The van der Waals surface area contributed by atoms with Crippen LogP contribution in [0.5, 0.6) is 0 Å². The van der Waals surface area contributed by atoms with Crippen molar-refractivity contribution < 1.29 is 8.42 Å². The predicted octanol–water partition coefficient (Wildman–Crippen LogP) is 0.694. The highest BCUT2D eigenvalue weighted by Crippen LogP contribution is 2.20. The number of benzene rings is 1. The summed E-state index contributed by atoms with van der Waals surface area (Å²) in [4.78, 5) is 16.7. The van der Waals surface area contributed by atoms with Gasteiger partial charge in [0.15, 0.2) is 9.84 Å². The molecule has 1 fully saturated rings. The van der Waals surface area contributed by atoms with Gasteiger partial charge in [-0.25, -0.2) is 13.2 Å². The van der Waals surface area contributed by atoms with E-state index in [4.69, 9.17) is 0 Å². The highest BCUT2D eigenvalue weighted by Gasteiger charge is 2.28. The summed E-state index contributed by atoms with van der Waals surface area (Å²) in [5.41, 5.74) is 2.34. The van der Waals surface area contributed by atoms with Crippen LogP contribution < -0.4 is 11.0 Å². The summed E-state index contributed by atoms with van der Waals surface area (Å²) in [6, 6.07) is 5.75. The molecule has 2 unspecified atom stereocenters. The van der Waals surface area contributed by atoms with E-state index in [-0.39, 0.29) is 29.3 Å². The highest BCUT2D eigenvalue weighted by molar-refractivity contribution is 7.91. The fourth-order valence-electron chi connectivity index (χ4n) is 2.70. The van der Waals surface area contributed by atoms with Crippen molar-refractivity contribution in [1.82, 2.24) is 15.3 Å². The minimum atomic E-state index is -2.87. The summed E-state index contributed by atoms with van der Waals surface area (Å²) in [6.45, 7) is 2.00. The number of imidazole rings is 1. The average Bonchev–Trinajstić information content (AvgIpc) is 2.89. The van der Waals surface area contributed by atoms with Gasteiger partial charge >= 0.3 is 5.69 Å². The number of aromatic nitrogens is 2. The van der Waals surface area contributed by atoms with E-state index in [0.29, 0.717) is 6.42 Å². The Kier molecular flexibility index (Phi) is 3.18. The number of aromatic amines is 2. The third-order valence-corrected chi connectivity index (χ3v) is 5.53. The topological polar surface area (TPSA) is 94.8 Å². The number of sulfone groups is 1. The van der Waals surface area contributed by atoms with Crippen LogP contribution in [-0.2, 0) is 9.84 Å². The summed E-state index contributed by atoms with van der Waals surface area (Å²) in [7, 11) is -2.87. The molecular formula is C13H17N3O3S. The molecule has 1 saturated heterocycles. The Morgan fingerprint density at radius 2 is 2.05 bits per heavy atom. The molecule has 7 heteroatoms. The first-order chi connectivity index (χ1) is 9.43. The zero-order valence-electron chi connectivity index (χ0n) is 11.1. The minimum absolute atomic E-state index is 0.0102. The fraction of sp³-hybridized carbons (Fsp3) is 0.462. The van der Waals surface area contributed by atoms with Gasteiger partial charge in [-0.05, 0) is 31.0 Å². The summed E-state index contributed by atoms with van der Waals surface area (Å²) >= 11 is 0. The van der Waals surface area contributed by atoms with Gasteiger partial charge in [0.05, 0.1) is 22.5 Å². The lowest BCUT2D eigenvalue weighted by Gasteiger charge is -2.18. The van der Waals surface area contributed by atoms with Crippen molar-refractivity contribution in [2.75, 3.05) is 11.5 Å². The molecule has 0 bridgehead atoms. The first-order valence-corrected chi connectivity index (χ1v) is 8.43. The van der Waals surface area contributed by atoms with Crippen LogP contribution in [0.25, 0.3) is 11.0 Å². The summed E-state index contributed by atoms with van der Waals surface area (Å²) in [6.07, 6.45) is 0.663. The van der Waals surface area contributed by atoms with E-state index in [1.54, 1.807) is 0 Å². The van der Waals surface area contributed by atoms with E-state index < -0.39 is 9.84 Å². The number of nitrogens with one attached hydrogen (secondary N) is 3.